The maximum absolute atomic E-state index is 12.3. The molecule has 6 heteroatoms. The number of hydrogen-bond acceptors (Lipinski definition) is 2. The predicted octanol–water partition coefficient (Wildman–Crippen LogP) is 3.40. The molecule has 0 aliphatic carbocycles. The lowest BCUT2D eigenvalue weighted by molar-refractivity contribution is -0.141. The fraction of sp³-hybridized carbons (Fsp3) is 0.308. The molecule has 1 N–H and O–H groups in total. The smallest absolute Gasteiger partial charge is 0.385 e. The van der Waals surface area contributed by atoms with E-state index in [1.165, 1.54) is 10.9 Å². The fourth-order valence-corrected chi connectivity index (χ4v) is 1.67. The molecule has 0 spiro atoms. The van der Waals surface area contributed by atoms with E-state index in [9.17, 15) is 13.2 Å². The van der Waals surface area contributed by atoms with Gasteiger partial charge in [0, 0.05) is 25.0 Å². The van der Waals surface area contributed by atoms with Gasteiger partial charge in [0.25, 0.3) is 0 Å². The number of aromatic nitrogens is 2. The van der Waals surface area contributed by atoms with E-state index in [4.69, 9.17) is 0 Å². The largest absolute Gasteiger partial charge is 0.435 e. The Morgan fingerprint density at radius 2 is 1.84 bits per heavy atom. The molecule has 0 unspecified atom stereocenters. The van der Waals surface area contributed by atoms with Crippen molar-refractivity contribution in [1.29, 1.82) is 0 Å². The van der Waals surface area contributed by atoms with Gasteiger partial charge in [-0.3, -0.25) is 4.68 Å². The van der Waals surface area contributed by atoms with Crippen LogP contribution in [0.25, 0.3) is 0 Å². The third-order valence-electron chi connectivity index (χ3n) is 2.60. The lowest BCUT2D eigenvalue weighted by atomic mass is 10.3. The van der Waals surface area contributed by atoms with Crippen molar-refractivity contribution in [2.24, 2.45) is 0 Å². The van der Waals surface area contributed by atoms with E-state index in [0.717, 1.165) is 11.8 Å². The molecule has 1 aromatic carbocycles. The molecule has 102 valence electrons. The summed E-state index contributed by atoms with van der Waals surface area (Å²) in [6.07, 6.45) is -2.31. The number of alkyl halides is 3. The Morgan fingerprint density at radius 3 is 2.47 bits per heavy atom. The molecule has 0 atom stereocenters. The summed E-state index contributed by atoms with van der Waals surface area (Å²) in [4.78, 5) is 0. The van der Waals surface area contributed by atoms with Crippen molar-refractivity contribution >= 4 is 5.69 Å². The molecule has 0 aliphatic heterocycles. The first kappa shape index (κ1) is 13.5. The Hall–Kier alpha value is -1.98. The maximum atomic E-state index is 12.3. The highest BCUT2D eigenvalue weighted by molar-refractivity contribution is 5.42. The normalized spacial score (nSPS) is 11.5. The van der Waals surface area contributed by atoms with Crippen LogP contribution in [-0.4, -0.2) is 16.3 Å². The first-order valence-corrected chi connectivity index (χ1v) is 5.95. The summed E-state index contributed by atoms with van der Waals surface area (Å²) in [6, 6.07) is 10.6. The van der Waals surface area contributed by atoms with Gasteiger partial charge in [0.15, 0.2) is 5.69 Å². The van der Waals surface area contributed by atoms with E-state index < -0.39 is 11.9 Å². The Bertz CT molecular complexity index is 505. The Kier molecular flexibility index (Phi) is 4.09. The zero-order chi connectivity index (χ0) is 13.7. The highest BCUT2D eigenvalue weighted by Crippen LogP contribution is 2.27. The maximum Gasteiger partial charge on any atom is 0.435 e. The quantitative estimate of drug-likeness (QED) is 0.843. The van der Waals surface area contributed by atoms with E-state index in [2.05, 4.69) is 10.4 Å². The van der Waals surface area contributed by atoms with Gasteiger partial charge in [-0.2, -0.15) is 18.3 Å². The molecule has 0 amide bonds. The fourth-order valence-electron chi connectivity index (χ4n) is 1.67. The number of nitrogens with zero attached hydrogens (tertiary/aromatic N) is 2. The number of nitrogens with one attached hydrogen (secondary N) is 1. The van der Waals surface area contributed by atoms with Crippen molar-refractivity contribution in [3.63, 3.8) is 0 Å². The number of para-hydroxylation sites is 1. The van der Waals surface area contributed by atoms with Crippen LogP contribution in [-0.2, 0) is 12.7 Å². The van der Waals surface area contributed by atoms with Gasteiger partial charge in [-0.1, -0.05) is 18.2 Å². The summed E-state index contributed by atoms with van der Waals surface area (Å²) in [6.45, 7) is 1.14. The molecule has 0 bridgehead atoms. The van der Waals surface area contributed by atoms with Crippen LogP contribution in [0.3, 0.4) is 0 Å². The van der Waals surface area contributed by atoms with Crippen LogP contribution in [0.2, 0.25) is 0 Å². The lowest BCUT2D eigenvalue weighted by Crippen LogP contribution is -2.10. The van der Waals surface area contributed by atoms with Crippen molar-refractivity contribution in [3.8, 4) is 0 Å². The highest BCUT2D eigenvalue weighted by atomic mass is 19.4. The lowest BCUT2D eigenvalue weighted by Gasteiger charge is -2.06. The highest BCUT2D eigenvalue weighted by Gasteiger charge is 2.33. The van der Waals surface area contributed by atoms with E-state index in [-0.39, 0.29) is 0 Å². The van der Waals surface area contributed by atoms with Crippen LogP contribution in [0.5, 0.6) is 0 Å². The van der Waals surface area contributed by atoms with Crippen LogP contribution >= 0.6 is 0 Å². The number of rotatable bonds is 5. The average Bonchev–Trinajstić information content (AvgIpc) is 2.85. The summed E-state index contributed by atoms with van der Waals surface area (Å²) < 4.78 is 38.3. The molecule has 1 heterocycles. The van der Waals surface area contributed by atoms with Crippen LogP contribution < -0.4 is 5.32 Å². The minimum atomic E-state index is -4.37. The molecular formula is C13H14F3N3. The molecule has 0 aliphatic rings. The predicted molar refractivity (Wildman–Crippen MR) is 66.8 cm³/mol. The van der Waals surface area contributed by atoms with Gasteiger partial charge in [-0.15, -0.1) is 0 Å². The third kappa shape index (κ3) is 4.01. The topological polar surface area (TPSA) is 29.9 Å². The SMILES string of the molecule is FC(F)(F)c1ccn(CCCNc2ccccc2)n1. The summed E-state index contributed by atoms with van der Waals surface area (Å²) in [5.41, 5.74) is 0.155. The van der Waals surface area contributed by atoms with Crippen molar-refractivity contribution in [2.75, 3.05) is 11.9 Å². The molecule has 0 fully saturated rings. The molecule has 0 saturated heterocycles. The van der Waals surface area contributed by atoms with Crippen molar-refractivity contribution in [2.45, 2.75) is 19.1 Å². The zero-order valence-electron chi connectivity index (χ0n) is 10.2. The van der Waals surface area contributed by atoms with Crippen molar-refractivity contribution in [3.05, 3.63) is 48.3 Å². The molecule has 19 heavy (non-hydrogen) atoms. The first-order chi connectivity index (χ1) is 9.05. The molecule has 0 radical (unpaired) electrons. The Labute approximate surface area is 109 Å². The molecule has 2 rings (SSSR count). The van der Waals surface area contributed by atoms with Crippen LogP contribution in [0.15, 0.2) is 42.6 Å². The van der Waals surface area contributed by atoms with Gasteiger partial charge in [0.05, 0.1) is 0 Å². The number of benzene rings is 1. The number of halogens is 3. The second kappa shape index (κ2) is 5.77. The summed E-state index contributed by atoms with van der Waals surface area (Å²) in [5, 5.41) is 6.68. The average molecular weight is 269 g/mol. The van der Waals surface area contributed by atoms with Gasteiger partial charge in [-0.25, -0.2) is 0 Å². The van der Waals surface area contributed by atoms with E-state index in [1.54, 1.807) is 0 Å². The van der Waals surface area contributed by atoms with Crippen LogP contribution in [0.1, 0.15) is 12.1 Å². The van der Waals surface area contributed by atoms with Crippen LogP contribution in [0.4, 0.5) is 18.9 Å². The van der Waals surface area contributed by atoms with E-state index in [1.807, 2.05) is 30.3 Å². The van der Waals surface area contributed by atoms with Gasteiger partial charge >= 0.3 is 6.18 Å². The molecule has 1 aromatic heterocycles. The third-order valence-corrected chi connectivity index (χ3v) is 2.60. The Balaban J connectivity index is 1.76. The Morgan fingerprint density at radius 1 is 1.11 bits per heavy atom. The number of hydrogen-bond donors (Lipinski definition) is 1. The van der Waals surface area contributed by atoms with Gasteiger partial charge in [0.2, 0.25) is 0 Å². The number of aryl methyl sites for hydroxylation is 1. The van der Waals surface area contributed by atoms with Gasteiger partial charge in [-0.05, 0) is 24.6 Å². The van der Waals surface area contributed by atoms with Gasteiger partial charge in [0.1, 0.15) is 0 Å². The van der Waals surface area contributed by atoms with Crippen molar-refractivity contribution < 1.29 is 13.2 Å². The van der Waals surface area contributed by atoms with Crippen LogP contribution in [0, 0.1) is 0 Å². The summed E-state index contributed by atoms with van der Waals surface area (Å²) >= 11 is 0. The van der Waals surface area contributed by atoms with E-state index in [0.29, 0.717) is 19.5 Å². The van der Waals surface area contributed by atoms with E-state index >= 15 is 0 Å². The second-order valence-electron chi connectivity index (χ2n) is 4.11. The first-order valence-electron chi connectivity index (χ1n) is 5.95. The van der Waals surface area contributed by atoms with Gasteiger partial charge < -0.3 is 5.32 Å². The number of anilines is 1. The molecule has 0 saturated carbocycles. The minimum Gasteiger partial charge on any atom is -0.385 e. The second-order valence-corrected chi connectivity index (χ2v) is 4.11. The zero-order valence-corrected chi connectivity index (χ0v) is 10.2. The molecule has 3 nitrogen and oxygen atoms in total. The minimum absolute atomic E-state index is 0.454. The van der Waals surface area contributed by atoms with Crippen molar-refractivity contribution in [1.82, 2.24) is 9.78 Å². The monoisotopic (exact) mass is 269 g/mol. The standard InChI is InChI=1S/C13H14F3N3/c14-13(15,16)12-7-10-19(18-12)9-4-8-17-11-5-2-1-3-6-11/h1-3,5-7,10,17H,4,8-9H2. The molecular weight excluding hydrogens is 255 g/mol. The summed E-state index contributed by atoms with van der Waals surface area (Å²) in [7, 11) is 0. The molecule has 2 aromatic rings. The summed E-state index contributed by atoms with van der Waals surface area (Å²) in [5.74, 6) is 0.